The first-order chi connectivity index (χ1) is 12.8. The summed E-state index contributed by atoms with van der Waals surface area (Å²) in [6.07, 6.45) is 3.17. The molecule has 0 saturated carbocycles. The standard InChI is InChI=1S/C16H23N5O5S/c17-27(25,26)13-3-4-14(15(9-13)21(23)24)19-8-6-16(22)20-11-1-2-12(20)10-18-7-5-11/h3-4,9,11-12,18-19H,1-2,5-8,10H2,(H2,17,25,26). The molecule has 1 amide bonds. The Bertz CT molecular complexity index is 830. The summed E-state index contributed by atoms with van der Waals surface area (Å²) in [6.45, 7) is 1.93. The van der Waals surface area contributed by atoms with E-state index in [9.17, 15) is 23.3 Å². The lowest BCUT2D eigenvalue weighted by molar-refractivity contribution is -0.384. The number of nitrogens with one attached hydrogen (secondary N) is 2. The summed E-state index contributed by atoms with van der Waals surface area (Å²) in [5.41, 5.74) is -0.242. The molecule has 2 aliphatic heterocycles. The Morgan fingerprint density at radius 2 is 2.07 bits per heavy atom. The van der Waals surface area contributed by atoms with Crippen LogP contribution in [-0.2, 0) is 14.8 Å². The van der Waals surface area contributed by atoms with Gasteiger partial charge in [-0.1, -0.05) is 0 Å². The van der Waals surface area contributed by atoms with Crippen LogP contribution in [0, 0.1) is 10.1 Å². The number of benzene rings is 1. The summed E-state index contributed by atoms with van der Waals surface area (Å²) in [5.74, 6) is 0.0301. The van der Waals surface area contributed by atoms with E-state index in [4.69, 9.17) is 5.14 Å². The van der Waals surface area contributed by atoms with Gasteiger partial charge in [-0.3, -0.25) is 14.9 Å². The van der Waals surface area contributed by atoms with E-state index in [0.29, 0.717) is 0 Å². The molecule has 0 aromatic heterocycles. The number of carbonyl (C=O) groups excluding carboxylic acids is 1. The summed E-state index contributed by atoms with van der Waals surface area (Å²) in [4.78, 5) is 24.8. The van der Waals surface area contributed by atoms with Crippen LogP contribution in [0.25, 0.3) is 0 Å². The van der Waals surface area contributed by atoms with Gasteiger partial charge in [-0.25, -0.2) is 13.6 Å². The molecule has 2 saturated heterocycles. The molecule has 2 aliphatic rings. The molecule has 0 radical (unpaired) electrons. The maximum absolute atomic E-state index is 12.6. The third-order valence-corrected chi connectivity index (χ3v) is 6.00. The maximum Gasteiger partial charge on any atom is 0.293 e. The van der Waals surface area contributed by atoms with E-state index in [0.717, 1.165) is 38.4 Å². The third-order valence-electron chi connectivity index (χ3n) is 5.09. The van der Waals surface area contributed by atoms with E-state index in [1.165, 1.54) is 12.1 Å². The number of sulfonamides is 1. The Hall–Kier alpha value is -2.24. The molecule has 10 nitrogen and oxygen atoms in total. The second-order valence-corrected chi connectivity index (χ2v) is 8.40. The Morgan fingerprint density at radius 3 is 2.78 bits per heavy atom. The molecule has 3 rings (SSSR count). The minimum absolute atomic E-state index is 0.0301. The van der Waals surface area contributed by atoms with Crippen LogP contribution in [0.4, 0.5) is 11.4 Å². The monoisotopic (exact) mass is 397 g/mol. The number of nitro benzene ring substituents is 1. The Labute approximate surface area is 157 Å². The van der Waals surface area contributed by atoms with Gasteiger partial charge in [0.15, 0.2) is 0 Å². The molecule has 1 aromatic carbocycles. The molecular weight excluding hydrogens is 374 g/mol. The predicted octanol–water partition coefficient (Wildman–Crippen LogP) is 0.397. The van der Waals surface area contributed by atoms with Gasteiger partial charge in [-0.2, -0.15) is 0 Å². The van der Waals surface area contributed by atoms with Gasteiger partial charge in [0.05, 0.1) is 9.82 Å². The Morgan fingerprint density at radius 1 is 1.33 bits per heavy atom. The fourth-order valence-corrected chi connectivity index (χ4v) is 4.35. The molecule has 2 heterocycles. The van der Waals surface area contributed by atoms with Crippen molar-refractivity contribution in [1.82, 2.24) is 10.2 Å². The van der Waals surface area contributed by atoms with Crippen molar-refractivity contribution in [2.24, 2.45) is 5.14 Å². The molecular formula is C16H23N5O5S. The second-order valence-electron chi connectivity index (χ2n) is 6.84. The van der Waals surface area contributed by atoms with Crippen LogP contribution in [0.15, 0.2) is 23.1 Å². The molecule has 2 fully saturated rings. The fraction of sp³-hybridized carbons (Fsp3) is 0.562. The van der Waals surface area contributed by atoms with E-state index >= 15 is 0 Å². The number of nitro groups is 1. The first-order valence-corrected chi connectivity index (χ1v) is 10.4. The molecule has 0 aliphatic carbocycles. The lowest BCUT2D eigenvalue weighted by Gasteiger charge is -2.28. The number of anilines is 1. The Balaban J connectivity index is 1.65. The van der Waals surface area contributed by atoms with Crippen molar-refractivity contribution in [1.29, 1.82) is 0 Å². The van der Waals surface area contributed by atoms with Gasteiger partial charge in [-0.15, -0.1) is 0 Å². The van der Waals surface area contributed by atoms with Crippen molar-refractivity contribution >= 4 is 27.3 Å². The molecule has 27 heavy (non-hydrogen) atoms. The summed E-state index contributed by atoms with van der Waals surface area (Å²) in [7, 11) is -4.03. The number of primary sulfonamides is 1. The highest BCUT2D eigenvalue weighted by Gasteiger charge is 2.37. The van der Waals surface area contributed by atoms with Crippen LogP contribution in [0.5, 0.6) is 0 Å². The summed E-state index contributed by atoms with van der Waals surface area (Å²) in [6, 6.07) is 3.89. The number of hydrogen-bond acceptors (Lipinski definition) is 7. The van der Waals surface area contributed by atoms with Crippen molar-refractivity contribution in [3.63, 3.8) is 0 Å². The molecule has 2 bridgehead atoms. The first kappa shape index (κ1) is 19.5. The van der Waals surface area contributed by atoms with Crippen molar-refractivity contribution in [3.05, 3.63) is 28.3 Å². The second kappa shape index (κ2) is 7.79. The normalized spacial score (nSPS) is 22.3. The highest BCUT2D eigenvalue weighted by atomic mass is 32.2. The predicted molar refractivity (Wildman–Crippen MR) is 98.7 cm³/mol. The van der Waals surface area contributed by atoms with E-state index in [1.807, 2.05) is 4.90 Å². The van der Waals surface area contributed by atoms with E-state index in [1.54, 1.807) is 0 Å². The van der Waals surface area contributed by atoms with E-state index < -0.39 is 20.6 Å². The lowest BCUT2D eigenvalue weighted by atomic mass is 10.1. The average molecular weight is 397 g/mol. The van der Waals surface area contributed by atoms with Crippen molar-refractivity contribution < 1.29 is 18.1 Å². The number of rotatable bonds is 6. The third kappa shape index (κ3) is 4.37. The summed E-state index contributed by atoms with van der Waals surface area (Å²) >= 11 is 0. The number of hydrogen-bond donors (Lipinski definition) is 3. The minimum atomic E-state index is -4.03. The molecule has 11 heteroatoms. The lowest BCUT2D eigenvalue weighted by Crippen LogP contribution is -2.43. The van der Waals surface area contributed by atoms with Gasteiger partial charge >= 0.3 is 0 Å². The molecule has 0 spiro atoms. The zero-order valence-corrected chi connectivity index (χ0v) is 15.6. The van der Waals surface area contributed by atoms with Crippen LogP contribution in [-0.4, -0.2) is 55.9 Å². The first-order valence-electron chi connectivity index (χ1n) is 8.84. The van der Waals surface area contributed by atoms with Crippen LogP contribution < -0.4 is 15.8 Å². The maximum atomic E-state index is 12.6. The number of amides is 1. The number of nitrogens with zero attached hydrogens (tertiary/aromatic N) is 2. The highest BCUT2D eigenvalue weighted by molar-refractivity contribution is 7.89. The molecule has 2 unspecified atom stereocenters. The van der Waals surface area contributed by atoms with Gasteiger partial charge in [0.25, 0.3) is 5.69 Å². The summed E-state index contributed by atoms with van der Waals surface area (Å²) in [5, 5.41) is 22.4. The zero-order valence-electron chi connectivity index (χ0n) is 14.8. The van der Waals surface area contributed by atoms with E-state index in [-0.39, 0.29) is 41.5 Å². The largest absolute Gasteiger partial charge is 0.379 e. The van der Waals surface area contributed by atoms with Gasteiger partial charge < -0.3 is 15.5 Å². The minimum Gasteiger partial charge on any atom is -0.379 e. The molecule has 1 aromatic rings. The summed E-state index contributed by atoms with van der Waals surface area (Å²) < 4.78 is 22.7. The van der Waals surface area contributed by atoms with Gasteiger partial charge in [-0.05, 0) is 37.9 Å². The van der Waals surface area contributed by atoms with Crippen molar-refractivity contribution in [3.8, 4) is 0 Å². The molecule has 2 atom stereocenters. The van der Waals surface area contributed by atoms with Gasteiger partial charge in [0, 0.05) is 37.7 Å². The van der Waals surface area contributed by atoms with Crippen molar-refractivity contribution in [2.45, 2.75) is 42.7 Å². The van der Waals surface area contributed by atoms with Crippen LogP contribution in [0.1, 0.15) is 25.7 Å². The van der Waals surface area contributed by atoms with Gasteiger partial charge in [0.1, 0.15) is 5.69 Å². The van der Waals surface area contributed by atoms with Crippen molar-refractivity contribution in [2.75, 3.05) is 25.0 Å². The SMILES string of the molecule is NS(=O)(=O)c1ccc(NCCC(=O)N2C3CCNCC2CC3)c([N+](=O)[O-])c1. The van der Waals surface area contributed by atoms with Crippen LogP contribution in [0.3, 0.4) is 0 Å². The molecule has 4 N–H and O–H groups in total. The number of nitrogens with two attached hydrogens (primary N) is 1. The fourth-order valence-electron chi connectivity index (χ4n) is 3.81. The topological polar surface area (TPSA) is 148 Å². The molecule has 148 valence electrons. The number of fused-ring (bicyclic) bond motifs is 2. The highest BCUT2D eigenvalue weighted by Crippen LogP contribution is 2.29. The van der Waals surface area contributed by atoms with Gasteiger partial charge in [0.2, 0.25) is 15.9 Å². The average Bonchev–Trinajstić information content (AvgIpc) is 2.86. The quantitative estimate of drug-likeness (QED) is 0.465. The zero-order chi connectivity index (χ0) is 19.6. The number of carbonyl (C=O) groups is 1. The van der Waals surface area contributed by atoms with Crippen LogP contribution >= 0.6 is 0 Å². The van der Waals surface area contributed by atoms with E-state index in [2.05, 4.69) is 10.6 Å². The Kier molecular flexibility index (Phi) is 5.63. The van der Waals surface area contributed by atoms with Crippen LogP contribution in [0.2, 0.25) is 0 Å². The smallest absolute Gasteiger partial charge is 0.293 e.